The highest BCUT2D eigenvalue weighted by Gasteiger charge is 2.33. The van der Waals surface area contributed by atoms with Crippen LogP contribution in [0.25, 0.3) is 0 Å². The molecule has 2 aromatic heterocycles. The zero-order chi connectivity index (χ0) is 18.6. The molecule has 2 heterocycles. The second kappa shape index (κ2) is 8.22. The molecule has 1 N–H and O–H groups in total. The largest absolute Gasteiger partial charge is 0.434 e. The molecule has 0 amide bonds. The summed E-state index contributed by atoms with van der Waals surface area (Å²) < 4.78 is 40.8. The molecular weight excluding hydrogens is 419 g/mol. The first-order valence-electron chi connectivity index (χ1n) is 7.52. The number of nitrogens with one attached hydrogen (secondary N) is 1. The molecule has 0 spiro atoms. The van der Waals surface area contributed by atoms with E-state index in [-0.39, 0.29) is 6.54 Å². The molecular formula is C15H19BrF3N5S. The monoisotopic (exact) mass is 437 g/mol. The van der Waals surface area contributed by atoms with Crippen LogP contribution in [-0.2, 0) is 26.3 Å². The average Bonchev–Trinajstić information content (AvgIpc) is 3.10. The smallest absolute Gasteiger partial charge is 0.357 e. The normalized spacial score (nSPS) is 12.5. The predicted octanol–water partition coefficient (Wildman–Crippen LogP) is 3.86. The molecule has 0 bridgehead atoms. The first-order chi connectivity index (χ1) is 11.7. The van der Waals surface area contributed by atoms with Gasteiger partial charge in [0.15, 0.2) is 11.7 Å². The molecule has 0 aliphatic carbocycles. The third-order valence-electron chi connectivity index (χ3n) is 3.38. The second-order valence-electron chi connectivity index (χ2n) is 5.41. The Labute approximate surface area is 156 Å². The highest BCUT2D eigenvalue weighted by Crippen LogP contribution is 2.30. The highest BCUT2D eigenvalue weighted by atomic mass is 79.9. The molecule has 2 aromatic rings. The number of hydrogen-bond acceptors (Lipinski definition) is 3. The molecule has 0 saturated carbocycles. The minimum absolute atomic E-state index is 0.101. The lowest BCUT2D eigenvalue weighted by Crippen LogP contribution is -2.38. The Morgan fingerprint density at radius 3 is 2.72 bits per heavy atom. The van der Waals surface area contributed by atoms with Crippen molar-refractivity contribution in [2.75, 3.05) is 13.6 Å². The number of rotatable bonds is 5. The van der Waals surface area contributed by atoms with Crippen LogP contribution >= 0.6 is 27.3 Å². The van der Waals surface area contributed by atoms with Gasteiger partial charge in [0.25, 0.3) is 0 Å². The van der Waals surface area contributed by atoms with E-state index in [2.05, 4.69) is 31.2 Å². The van der Waals surface area contributed by atoms with Crippen molar-refractivity contribution in [3.8, 4) is 0 Å². The van der Waals surface area contributed by atoms with Gasteiger partial charge < -0.3 is 14.8 Å². The summed E-state index contributed by atoms with van der Waals surface area (Å²) in [6.07, 6.45) is -2.46. The SMILES string of the molecule is CCNC(=NCc1nc(C(F)(F)F)cs1)N(C)Cc1cc(Br)cn1C. The Morgan fingerprint density at radius 1 is 1.48 bits per heavy atom. The maximum Gasteiger partial charge on any atom is 0.434 e. The Kier molecular flexibility index (Phi) is 6.50. The van der Waals surface area contributed by atoms with Crippen LogP contribution in [0.5, 0.6) is 0 Å². The number of halogens is 4. The minimum Gasteiger partial charge on any atom is -0.357 e. The second-order valence-corrected chi connectivity index (χ2v) is 7.27. The lowest BCUT2D eigenvalue weighted by molar-refractivity contribution is -0.140. The number of aryl methyl sites for hydroxylation is 1. The first-order valence-corrected chi connectivity index (χ1v) is 9.19. The lowest BCUT2D eigenvalue weighted by atomic mass is 10.4. The van der Waals surface area contributed by atoms with Crippen molar-refractivity contribution in [1.29, 1.82) is 0 Å². The summed E-state index contributed by atoms with van der Waals surface area (Å²) in [6.45, 7) is 3.31. The molecule has 5 nitrogen and oxygen atoms in total. The Bertz CT molecular complexity index is 738. The molecule has 138 valence electrons. The summed E-state index contributed by atoms with van der Waals surface area (Å²) in [5.41, 5.74) is 0.211. The van der Waals surface area contributed by atoms with Gasteiger partial charge in [0, 0.05) is 42.4 Å². The molecule has 0 radical (unpaired) electrons. The van der Waals surface area contributed by atoms with E-state index >= 15 is 0 Å². The molecule has 0 fully saturated rings. The zero-order valence-electron chi connectivity index (χ0n) is 14.1. The number of nitrogens with zero attached hydrogens (tertiary/aromatic N) is 4. The van der Waals surface area contributed by atoms with Crippen LogP contribution in [0.15, 0.2) is 27.1 Å². The van der Waals surface area contributed by atoms with Crippen molar-refractivity contribution in [1.82, 2.24) is 19.8 Å². The number of aliphatic imine (C=N–C) groups is 1. The maximum absolute atomic E-state index is 12.6. The van der Waals surface area contributed by atoms with E-state index in [1.165, 1.54) is 0 Å². The van der Waals surface area contributed by atoms with Crippen LogP contribution in [0.2, 0.25) is 0 Å². The van der Waals surface area contributed by atoms with E-state index in [4.69, 9.17) is 0 Å². The molecule has 0 saturated heterocycles. The zero-order valence-corrected chi connectivity index (χ0v) is 16.5. The van der Waals surface area contributed by atoms with E-state index < -0.39 is 11.9 Å². The van der Waals surface area contributed by atoms with E-state index in [0.29, 0.717) is 24.1 Å². The number of aromatic nitrogens is 2. The van der Waals surface area contributed by atoms with Crippen LogP contribution in [0.3, 0.4) is 0 Å². The molecule has 0 aliphatic heterocycles. The van der Waals surface area contributed by atoms with E-state index in [1.807, 2.05) is 42.7 Å². The average molecular weight is 438 g/mol. The fourth-order valence-electron chi connectivity index (χ4n) is 2.17. The van der Waals surface area contributed by atoms with Crippen LogP contribution in [0, 0.1) is 0 Å². The van der Waals surface area contributed by atoms with Gasteiger partial charge in [0.2, 0.25) is 0 Å². The van der Waals surface area contributed by atoms with Gasteiger partial charge in [0.1, 0.15) is 5.01 Å². The molecule has 0 atom stereocenters. The fourth-order valence-corrected chi connectivity index (χ4v) is 3.46. The number of guanidine groups is 1. The van der Waals surface area contributed by atoms with E-state index in [1.54, 1.807) is 0 Å². The van der Waals surface area contributed by atoms with Gasteiger partial charge in [-0.15, -0.1) is 11.3 Å². The molecule has 0 aliphatic rings. The summed E-state index contributed by atoms with van der Waals surface area (Å²) >= 11 is 4.40. The number of hydrogen-bond donors (Lipinski definition) is 1. The van der Waals surface area contributed by atoms with Crippen molar-refractivity contribution in [2.45, 2.75) is 26.2 Å². The molecule has 10 heteroatoms. The van der Waals surface area contributed by atoms with Crippen molar-refractivity contribution in [3.63, 3.8) is 0 Å². The molecule has 0 aromatic carbocycles. The van der Waals surface area contributed by atoms with Crippen molar-refractivity contribution >= 4 is 33.2 Å². The van der Waals surface area contributed by atoms with Crippen LogP contribution < -0.4 is 5.32 Å². The van der Waals surface area contributed by atoms with Gasteiger partial charge in [0.05, 0.1) is 13.1 Å². The highest BCUT2D eigenvalue weighted by molar-refractivity contribution is 9.10. The summed E-state index contributed by atoms with van der Waals surface area (Å²) in [7, 11) is 3.83. The van der Waals surface area contributed by atoms with Crippen molar-refractivity contribution in [2.24, 2.45) is 12.0 Å². The van der Waals surface area contributed by atoms with Gasteiger partial charge in [-0.2, -0.15) is 13.2 Å². The van der Waals surface area contributed by atoms with Gasteiger partial charge in [-0.1, -0.05) is 0 Å². The molecule has 25 heavy (non-hydrogen) atoms. The van der Waals surface area contributed by atoms with E-state index in [0.717, 1.165) is 26.9 Å². The van der Waals surface area contributed by atoms with Crippen LogP contribution in [0.1, 0.15) is 23.3 Å². The molecule has 2 rings (SSSR count). The van der Waals surface area contributed by atoms with Crippen LogP contribution in [-0.4, -0.2) is 34.0 Å². The summed E-state index contributed by atoms with van der Waals surface area (Å²) in [5, 5.41) is 4.49. The molecule has 0 unspecified atom stereocenters. The summed E-state index contributed by atoms with van der Waals surface area (Å²) in [6, 6.07) is 2.01. The van der Waals surface area contributed by atoms with Gasteiger partial charge in [-0.25, -0.2) is 9.98 Å². The van der Waals surface area contributed by atoms with Gasteiger partial charge in [-0.3, -0.25) is 0 Å². The fraction of sp³-hybridized carbons (Fsp3) is 0.467. The summed E-state index contributed by atoms with van der Waals surface area (Å²) in [4.78, 5) is 9.93. The predicted molar refractivity (Wildman–Crippen MR) is 96.5 cm³/mol. The topological polar surface area (TPSA) is 45.5 Å². The first kappa shape index (κ1) is 19.8. The van der Waals surface area contributed by atoms with Crippen LogP contribution in [0.4, 0.5) is 13.2 Å². The Morgan fingerprint density at radius 2 is 2.20 bits per heavy atom. The van der Waals surface area contributed by atoms with Crippen molar-refractivity contribution < 1.29 is 13.2 Å². The van der Waals surface area contributed by atoms with E-state index in [9.17, 15) is 13.2 Å². The maximum atomic E-state index is 12.6. The number of thiazole rings is 1. The third-order valence-corrected chi connectivity index (χ3v) is 4.64. The standard InChI is InChI=1S/C15H19BrF3N5S/c1-4-20-14(24(3)8-11-5-10(16)7-23(11)2)21-6-13-22-12(9-25-13)15(17,18)19/h5,7,9H,4,6,8H2,1-3H3,(H,20,21). The Hall–Kier alpha value is -1.55. The van der Waals surface area contributed by atoms with Crippen molar-refractivity contribution in [3.05, 3.63) is 38.5 Å². The van der Waals surface area contributed by atoms with Gasteiger partial charge >= 0.3 is 6.18 Å². The number of alkyl halides is 3. The Balaban J connectivity index is 2.09. The quantitative estimate of drug-likeness (QED) is 0.570. The lowest BCUT2D eigenvalue weighted by Gasteiger charge is -2.22. The third kappa shape index (κ3) is 5.46. The minimum atomic E-state index is -4.42. The van der Waals surface area contributed by atoms with Gasteiger partial charge in [-0.05, 0) is 28.9 Å². The summed E-state index contributed by atoms with van der Waals surface area (Å²) in [5.74, 6) is 0.614.